The van der Waals surface area contributed by atoms with Crippen molar-refractivity contribution in [1.82, 2.24) is 9.55 Å². The summed E-state index contributed by atoms with van der Waals surface area (Å²) < 4.78 is 6.92. The number of hydrogen-bond donors (Lipinski definition) is 3. The molecule has 4 N–H and O–H groups in total. The Hall–Kier alpha value is -1.44. The van der Waals surface area contributed by atoms with Gasteiger partial charge in [-0.15, -0.1) is 0 Å². The molecule has 0 aliphatic carbocycles. The lowest BCUT2D eigenvalue weighted by atomic mass is 9.95. The predicted octanol–water partition coefficient (Wildman–Crippen LogP) is -0.754. The number of rotatable bonds is 3. The van der Waals surface area contributed by atoms with Crippen LogP contribution in [0.2, 0.25) is 0 Å². The van der Waals surface area contributed by atoms with Gasteiger partial charge in [-0.1, -0.05) is 6.92 Å². The lowest BCUT2D eigenvalue weighted by molar-refractivity contribution is -0.130. The maximum Gasteiger partial charge on any atom is 0.351 e. The average molecular weight is 255 g/mol. The highest BCUT2D eigenvalue weighted by Crippen LogP contribution is 2.37. The third-order valence-corrected chi connectivity index (χ3v) is 3.43. The van der Waals surface area contributed by atoms with Crippen LogP contribution >= 0.6 is 0 Å². The van der Waals surface area contributed by atoms with Crippen LogP contribution in [0.4, 0.5) is 5.82 Å². The molecule has 7 nitrogen and oxygen atoms in total. The fourth-order valence-electron chi connectivity index (χ4n) is 2.19. The van der Waals surface area contributed by atoms with Crippen molar-refractivity contribution in [2.75, 3.05) is 12.3 Å². The molecule has 2 heterocycles. The van der Waals surface area contributed by atoms with Crippen LogP contribution in [0.5, 0.6) is 0 Å². The van der Waals surface area contributed by atoms with Gasteiger partial charge in [0.15, 0.2) is 0 Å². The van der Waals surface area contributed by atoms with Gasteiger partial charge in [0.05, 0.1) is 12.7 Å². The van der Waals surface area contributed by atoms with E-state index < -0.39 is 23.6 Å². The second-order valence-corrected chi connectivity index (χ2v) is 4.44. The molecule has 1 aliphatic rings. The van der Waals surface area contributed by atoms with E-state index in [0.717, 1.165) is 0 Å². The molecular weight excluding hydrogens is 238 g/mol. The molecule has 1 aromatic rings. The summed E-state index contributed by atoms with van der Waals surface area (Å²) in [4.78, 5) is 15.3. The Kier molecular flexibility index (Phi) is 3.38. The number of anilines is 1. The topological polar surface area (TPSA) is 111 Å². The van der Waals surface area contributed by atoms with Crippen molar-refractivity contribution in [2.45, 2.75) is 37.7 Å². The van der Waals surface area contributed by atoms with Gasteiger partial charge in [0.25, 0.3) is 0 Å². The Morgan fingerprint density at radius 1 is 1.72 bits per heavy atom. The van der Waals surface area contributed by atoms with Crippen molar-refractivity contribution < 1.29 is 14.9 Å². The van der Waals surface area contributed by atoms with Crippen molar-refractivity contribution in [3.05, 3.63) is 22.7 Å². The summed E-state index contributed by atoms with van der Waals surface area (Å²) in [6, 6.07) is 1.49. The van der Waals surface area contributed by atoms with E-state index in [0.29, 0.717) is 6.42 Å². The highest BCUT2D eigenvalue weighted by molar-refractivity contribution is 5.23. The van der Waals surface area contributed by atoms with Crippen LogP contribution in [0.15, 0.2) is 17.1 Å². The number of aliphatic hydroxyl groups excluding tert-OH is 2. The quantitative estimate of drug-likeness (QED) is 0.655. The van der Waals surface area contributed by atoms with Gasteiger partial charge >= 0.3 is 5.69 Å². The maximum absolute atomic E-state index is 11.7. The van der Waals surface area contributed by atoms with Gasteiger partial charge < -0.3 is 20.7 Å². The standard InChI is InChI=1S/C11H17N3O4/c1-2-11(6-15)7(16)5-9(18-11)14-4-3-8(12)13-10(14)17/h3-4,7,9,15-16H,2,5-6H2,1H3,(H2,12,13,17)/t7?,9-,11-/m1/s1. The molecule has 1 aromatic heterocycles. The molecule has 1 fully saturated rings. The van der Waals surface area contributed by atoms with Crippen molar-refractivity contribution >= 4 is 5.82 Å². The molecule has 0 bridgehead atoms. The third-order valence-electron chi connectivity index (χ3n) is 3.43. The second-order valence-electron chi connectivity index (χ2n) is 4.44. The van der Waals surface area contributed by atoms with Gasteiger partial charge in [0.2, 0.25) is 0 Å². The van der Waals surface area contributed by atoms with Crippen LogP contribution in [0.25, 0.3) is 0 Å². The first kappa shape index (κ1) is 13.0. The Morgan fingerprint density at radius 2 is 2.44 bits per heavy atom. The zero-order valence-electron chi connectivity index (χ0n) is 10.1. The maximum atomic E-state index is 11.7. The molecule has 0 radical (unpaired) electrons. The van der Waals surface area contributed by atoms with Gasteiger partial charge in [-0.2, -0.15) is 4.98 Å². The van der Waals surface area contributed by atoms with Crippen molar-refractivity contribution in [3.8, 4) is 0 Å². The highest BCUT2D eigenvalue weighted by Gasteiger charge is 2.47. The Bertz CT molecular complexity index is 483. The van der Waals surface area contributed by atoms with Gasteiger partial charge in [-0.3, -0.25) is 4.57 Å². The summed E-state index contributed by atoms with van der Waals surface area (Å²) in [6.07, 6.45) is 0.721. The Morgan fingerprint density at radius 3 is 2.94 bits per heavy atom. The van der Waals surface area contributed by atoms with Gasteiger partial charge in [0, 0.05) is 12.6 Å². The monoisotopic (exact) mass is 255 g/mol. The highest BCUT2D eigenvalue weighted by atomic mass is 16.6. The number of aliphatic hydroxyl groups is 2. The normalized spacial score (nSPS) is 31.7. The van der Waals surface area contributed by atoms with E-state index in [9.17, 15) is 15.0 Å². The van der Waals surface area contributed by atoms with E-state index in [1.807, 2.05) is 6.92 Å². The second kappa shape index (κ2) is 4.68. The summed E-state index contributed by atoms with van der Waals surface area (Å²) in [5, 5.41) is 19.3. The summed E-state index contributed by atoms with van der Waals surface area (Å²) in [7, 11) is 0. The van der Waals surface area contributed by atoms with Crippen LogP contribution in [-0.2, 0) is 4.74 Å². The minimum Gasteiger partial charge on any atom is -0.393 e. The van der Waals surface area contributed by atoms with E-state index in [2.05, 4.69) is 4.98 Å². The predicted molar refractivity (Wildman–Crippen MR) is 63.8 cm³/mol. The molecule has 1 unspecified atom stereocenters. The largest absolute Gasteiger partial charge is 0.393 e. The minimum atomic E-state index is -1.01. The number of ether oxygens (including phenoxy) is 1. The van der Waals surface area contributed by atoms with Crippen LogP contribution in [-0.4, -0.2) is 38.1 Å². The SMILES string of the molecule is CC[C@]1(CO)O[C@@H](n2ccc(N)nc2=O)CC1O. The van der Waals surface area contributed by atoms with Gasteiger partial charge in [0.1, 0.15) is 17.6 Å². The molecule has 1 aliphatic heterocycles. The van der Waals surface area contributed by atoms with Crippen molar-refractivity contribution in [1.29, 1.82) is 0 Å². The zero-order valence-corrected chi connectivity index (χ0v) is 10.1. The number of nitrogen functional groups attached to an aromatic ring is 1. The molecule has 0 spiro atoms. The average Bonchev–Trinajstić information content (AvgIpc) is 2.67. The number of nitrogens with zero attached hydrogens (tertiary/aromatic N) is 2. The lowest BCUT2D eigenvalue weighted by Crippen LogP contribution is -2.42. The summed E-state index contributed by atoms with van der Waals surface area (Å²) in [5.41, 5.74) is 3.87. The van der Waals surface area contributed by atoms with Crippen LogP contribution in [0.1, 0.15) is 26.0 Å². The van der Waals surface area contributed by atoms with E-state index >= 15 is 0 Å². The van der Waals surface area contributed by atoms with Crippen LogP contribution in [0, 0.1) is 0 Å². The molecule has 0 aromatic carbocycles. The third kappa shape index (κ3) is 2.00. The van der Waals surface area contributed by atoms with Crippen molar-refractivity contribution in [2.24, 2.45) is 0 Å². The van der Waals surface area contributed by atoms with E-state index in [1.54, 1.807) is 0 Å². The summed E-state index contributed by atoms with van der Waals surface area (Å²) in [6.45, 7) is 1.52. The lowest BCUT2D eigenvalue weighted by Gasteiger charge is -2.28. The molecule has 2 rings (SSSR count). The molecular formula is C11H17N3O4. The summed E-state index contributed by atoms with van der Waals surface area (Å²) >= 11 is 0. The zero-order chi connectivity index (χ0) is 13.3. The molecule has 3 atom stereocenters. The molecule has 0 saturated carbocycles. The number of nitrogens with two attached hydrogens (primary N) is 1. The minimum absolute atomic E-state index is 0.138. The fraction of sp³-hybridized carbons (Fsp3) is 0.636. The molecule has 100 valence electrons. The van der Waals surface area contributed by atoms with Crippen LogP contribution in [0.3, 0.4) is 0 Å². The first-order chi connectivity index (χ1) is 8.52. The van der Waals surface area contributed by atoms with E-state index in [4.69, 9.17) is 10.5 Å². The molecule has 18 heavy (non-hydrogen) atoms. The summed E-state index contributed by atoms with van der Waals surface area (Å²) in [5.74, 6) is 0.138. The van der Waals surface area contributed by atoms with Crippen LogP contribution < -0.4 is 11.4 Å². The smallest absolute Gasteiger partial charge is 0.351 e. The van der Waals surface area contributed by atoms with E-state index in [-0.39, 0.29) is 18.8 Å². The molecule has 7 heteroatoms. The fourth-order valence-corrected chi connectivity index (χ4v) is 2.19. The Balaban J connectivity index is 2.30. The first-order valence-corrected chi connectivity index (χ1v) is 5.84. The van der Waals surface area contributed by atoms with Gasteiger partial charge in [-0.05, 0) is 12.5 Å². The number of aromatic nitrogens is 2. The molecule has 0 amide bonds. The van der Waals surface area contributed by atoms with Gasteiger partial charge in [-0.25, -0.2) is 4.79 Å². The first-order valence-electron chi connectivity index (χ1n) is 5.84. The number of hydrogen-bond acceptors (Lipinski definition) is 6. The Labute approximate surface area is 104 Å². The van der Waals surface area contributed by atoms with E-state index in [1.165, 1.54) is 16.8 Å². The van der Waals surface area contributed by atoms with Crippen molar-refractivity contribution in [3.63, 3.8) is 0 Å². The molecule has 1 saturated heterocycles.